The molecular weight excluding hydrogens is 236 g/mol. The van der Waals surface area contributed by atoms with Crippen LogP contribution in [0.5, 0.6) is 0 Å². The highest BCUT2D eigenvalue weighted by Gasteiger charge is 2.01. The van der Waals surface area contributed by atoms with Gasteiger partial charge in [0.25, 0.3) is 5.91 Å². The van der Waals surface area contributed by atoms with Gasteiger partial charge in [0.05, 0.1) is 6.21 Å². The number of nitrogens with zero attached hydrogens (tertiary/aromatic N) is 1. The number of hydrogen-bond acceptors (Lipinski definition) is 2. The van der Waals surface area contributed by atoms with Crippen molar-refractivity contribution in [1.82, 2.24) is 5.43 Å². The third kappa shape index (κ3) is 3.52. The van der Waals surface area contributed by atoms with Crippen LogP contribution in [0.1, 0.15) is 27.0 Å². The van der Waals surface area contributed by atoms with E-state index >= 15 is 0 Å². The van der Waals surface area contributed by atoms with E-state index in [4.69, 9.17) is 0 Å². The molecule has 0 radical (unpaired) electrons. The van der Waals surface area contributed by atoms with E-state index in [0.29, 0.717) is 5.56 Å². The highest BCUT2D eigenvalue weighted by atomic mass is 16.2. The van der Waals surface area contributed by atoms with Crippen LogP contribution in [0.4, 0.5) is 0 Å². The Bertz CT molecular complexity index is 603. The number of aryl methyl sites for hydroxylation is 2. The standard InChI is InChI=1S/C16H16N2O/c1-12-8-9-13(2)15(10-12)11-17-18-16(19)14-6-4-3-5-7-14/h3-11H,1-2H3,(H,18,19)/b17-11+. The summed E-state index contributed by atoms with van der Waals surface area (Å²) in [6.45, 7) is 4.04. The van der Waals surface area contributed by atoms with Crippen LogP contribution >= 0.6 is 0 Å². The highest BCUT2D eigenvalue weighted by molar-refractivity contribution is 5.94. The molecule has 0 unspecified atom stereocenters. The number of benzene rings is 2. The first-order chi connectivity index (χ1) is 9.16. The lowest BCUT2D eigenvalue weighted by Crippen LogP contribution is -2.17. The largest absolute Gasteiger partial charge is 0.271 e. The van der Waals surface area contributed by atoms with Gasteiger partial charge in [0, 0.05) is 5.56 Å². The molecule has 0 aliphatic carbocycles. The third-order valence-electron chi connectivity index (χ3n) is 2.84. The molecule has 0 bridgehead atoms. The van der Waals surface area contributed by atoms with Crippen LogP contribution in [0.2, 0.25) is 0 Å². The second kappa shape index (κ2) is 5.96. The Morgan fingerprint density at radius 1 is 1.11 bits per heavy atom. The van der Waals surface area contributed by atoms with Gasteiger partial charge in [-0.3, -0.25) is 4.79 Å². The van der Waals surface area contributed by atoms with Gasteiger partial charge in [-0.25, -0.2) is 5.43 Å². The lowest BCUT2D eigenvalue weighted by Gasteiger charge is -2.02. The maximum absolute atomic E-state index is 11.8. The van der Waals surface area contributed by atoms with Crippen LogP contribution in [0.15, 0.2) is 53.6 Å². The third-order valence-corrected chi connectivity index (χ3v) is 2.84. The summed E-state index contributed by atoms with van der Waals surface area (Å²) in [6.07, 6.45) is 1.67. The highest BCUT2D eigenvalue weighted by Crippen LogP contribution is 2.07. The fourth-order valence-electron chi connectivity index (χ4n) is 1.71. The molecule has 2 aromatic rings. The van der Waals surface area contributed by atoms with Crippen LogP contribution in [0.25, 0.3) is 0 Å². The molecule has 0 aromatic heterocycles. The second-order valence-corrected chi connectivity index (χ2v) is 4.43. The molecule has 2 rings (SSSR count). The van der Waals surface area contributed by atoms with Crippen molar-refractivity contribution in [2.45, 2.75) is 13.8 Å². The molecule has 0 aliphatic rings. The maximum Gasteiger partial charge on any atom is 0.271 e. The topological polar surface area (TPSA) is 41.5 Å². The minimum Gasteiger partial charge on any atom is -0.267 e. The van der Waals surface area contributed by atoms with Crippen molar-refractivity contribution >= 4 is 12.1 Å². The SMILES string of the molecule is Cc1ccc(C)c(/C=N/NC(=O)c2ccccc2)c1. The zero-order chi connectivity index (χ0) is 13.7. The molecule has 2 aromatic carbocycles. The summed E-state index contributed by atoms with van der Waals surface area (Å²) in [5.74, 6) is -0.206. The van der Waals surface area contributed by atoms with Crippen molar-refractivity contribution in [2.24, 2.45) is 5.10 Å². The molecule has 96 valence electrons. The number of carbonyl (C=O) groups excluding carboxylic acids is 1. The van der Waals surface area contributed by atoms with E-state index in [0.717, 1.165) is 11.1 Å². The summed E-state index contributed by atoms with van der Waals surface area (Å²) >= 11 is 0. The minimum atomic E-state index is -0.206. The molecule has 0 atom stereocenters. The smallest absolute Gasteiger partial charge is 0.267 e. The Morgan fingerprint density at radius 2 is 1.84 bits per heavy atom. The predicted octanol–water partition coefficient (Wildman–Crippen LogP) is 3.07. The van der Waals surface area contributed by atoms with E-state index in [-0.39, 0.29) is 5.91 Å². The van der Waals surface area contributed by atoms with Crippen LogP contribution in [0.3, 0.4) is 0 Å². The molecule has 0 aliphatic heterocycles. The lowest BCUT2D eigenvalue weighted by molar-refractivity contribution is 0.0955. The minimum absolute atomic E-state index is 0.206. The molecule has 0 saturated carbocycles. The van der Waals surface area contributed by atoms with Crippen molar-refractivity contribution in [3.05, 3.63) is 70.8 Å². The molecule has 3 heteroatoms. The fourth-order valence-corrected chi connectivity index (χ4v) is 1.71. The van der Waals surface area contributed by atoms with Crippen molar-refractivity contribution < 1.29 is 4.79 Å². The van der Waals surface area contributed by atoms with E-state index in [2.05, 4.69) is 16.6 Å². The number of hydrazone groups is 1. The van der Waals surface area contributed by atoms with Crippen molar-refractivity contribution in [2.75, 3.05) is 0 Å². The molecular formula is C16H16N2O. The zero-order valence-electron chi connectivity index (χ0n) is 11.1. The first-order valence-electron chi connectivity index (χ1n) is 6.12. The van der Waals surface area contributed by atoms with Crippen LogP contribution in [-0.2, 0) is 0 Å². The summed E-state index contributed by atoms with van der Waals surface area (Å²) in [5.41, 5.74) is 6.43. The average molecular weight is 252 g/mol. The fraction of sp³-hybridized carbons (Fsp3) is 0.125. The first-order valence-corrected chi connectivity index (χ1v) is 6.12. The Labute approximate surface area is 113 Å². The summed E-state index contributed by atoms with van der Waals surface area (Å²) in [4.78, 5) is 11.8. The van der Waals surface area contributed by atoms with Crippen LogP contribution in [-0.4, -0.2) is 12.1 Å². The second-order valence-electron chi connectivity index (χ2n) is 4.43. The van der Waals surface area contributed by atoms with Gasteiger partial charge in [0.2, 0.25) is 0 Å². The molecule has 0 saturated heterocycles. The van der Waals surface area contributed by atoms with Gasteiger partial charge in [-0.15, -0.1) is 0 Å². The first kappa shape index (κ1) is 13.0. The predicted molar refractivity (Wildman–Crippen MR) is 77.4 cm³/mol. The van der Waals surface area contributed by atoms with E-state index in [1.54, 1.807) is 18.3 Å². The average Bonchev–Trinajstić information content (AvgIpc) is 2.43. The summed E-state index contributed by atoms with van der Waals surface area (Å²) in [7, 11) is 0. The number of hydrogen-bond donors (Lipinski definition) is 1. The molecule has 0 heterocycles. The van der Waals surface area contributed by atoms with E-state index in [9.17, 15) is 4.79 Å². The van der Waals surface area contributed by atoms with Crippen molar-refractivity contribution in [3.8, 4) is 0 Å². The maximum atomic E-state index is 11.8. The monoisotopic (exact) mass is 252 g/mol. The molecule has 1 N–H and O–H groups in total. The van der Waals surface area contributed by atoms with Crippen molar-refractivity contribution in [1.29, 1.82) is 0 Å². The van der Waals surface area contributed by atoms with Gasteiger partial charge in [-0.2, -0.15) is 5.10 Å². The van der Waals surface area contributed by atoms with Crippen LogP contribution < -0.4 is 5.43 Å². The Morgan fingerprint density at radius 3 is 2.58 bits per heavy atom. The van der Waals surface area contributed by atoms with Crippen LogP contribution in [0, 0.1) is 13.8 Å². The van der Waals surface area contributed by atoms with E-state index in [1.165, 1.54) is 5.56 Å². The summed E-state index contributed by atoms with van der Waals surface area (Å²) in [5, 5.41) is 4.00. The molecule has 3 nitrogen and oxygen atoms in total. The number of rotatable bonds is 3. The molecule has 0 fully saturated rings. The molecule has 19 heavy (non-hydrogen) atoms. The van der Waals surface area contributed by atoms with Gasteiger partial charge in [-0.05, 0) is 37.1 Å². The number of nitrogens with one attached hydrogen (secondary N) is 1. The Hall–Kier alpha value is -2.42. The Balaban J connectivity index is 2.04. The van der Waals surface area contributed by atoms with Gasteiger partial charge < -0.3 is 0 Å². The van der Waals surface area contributed by atoms with E-state index in [1.807, 2.05) is 44.2 Å². The zero-order valence-corrected chi connectivity index (χ0v) is 11.1. The normalized spacial score (nSPS) is 10.6. The number of carbonyl (C=O) groups is 1. The molecule has 1 amide bonds. The van der Waals surface area contributed by atoms with Gasteiger partial charge in [-0.1, -0.05) is 42.0 Å². The summed E-state index contributed by atoms with van der Waals surface area (Å²) < 4.78 is 0. The number of amides is 1. The summed E-state index contributed by atoms with van der Waals surface area (Å²) in [6, 6.07) is 15.1. The van der Waals surface area contributed by atoms with E-state index < -0.39 is 0 Å². The van der Waals surface area contributed by atoms with Gasteiger partial charge in [0.15, 0.2) is 0 Å². The Kier molecular flexibility index (Phi) is 4.08. The van der Waals surface area contributed by atoms with Gasteiger partial charge in [0.1, 0.15) is 0 Å². The van der Waals surface area contributed by atoms with Crippen molar-refractivity contribution in [3.63, 3.8) is 0 Å². The quantitative estimate of drug-likeness (QED) is 0.662. The van der Waals surface area contributed by atoms with Gasteiger partial charge >= 0.3 is 0 Å². The lowest BCUT2D eigenvalue weighted by atomic mass is 10.1. The molecule has 0 spiro atoms.